The minimum absolute atomic E-state index is 0.240. The number of nitrogens with two attached hydrogens (primary N) is 1. The minimum atomic E-state index is 0.240. The summed E-state index contributed by atoms with van der Waals surface area (Å²) in [6, 6.07) is 0.570. The smallest absolute Gasteiger partial charge is 0.0946 e. The molecule has 78 valence electrons. The van der Waals surface area contributed by atoms with Crippen molar-refractivity contribution in [1.82, 2.24) is 14.5 Å². The predicted molar refractivity (Wildman–Crippen MR) is 55.8 cm³/mol. The van der Waals surface area contributed by atoms with E-state index in [9.17, 15) is 0 Å². The monoisotopic (exact) mass is 194 g/mol. The Labute approximate surface area is 84.7 Å². The molecule has 14 heavy (non-hydrogen) atoms. The Morgan fingerprint density at radius 2 is 2.29 bits per heavy atom. The first-order chi connectivity index (χ1) is 6.70. The number of aromatic nitrogens is 2. The molecule has 0 aromatic carbocycles. The Morgan fingerprint density at radius 1 is 1.50 bits per heavy atom. The van der Waals surface area contributed by atoms with E-state index in [0.29, 0.717) is 6.04 Å². The molecular weight excluding hydrogens is 176 g/mol. The van der Waals surface area contributed by atoms with E-state index < -0.39 is 0 Å². The topological polar surface area (TPSA) is 47.1 Å². The summed E-state index contributed by atoms with van der Waals surface area (Å²) in [5, 5.41) is 0. The fourth-order valence-corrected chi connectivity index (χ4v) is 2.30. The van der Waals surface area contributed by atoms with Crippen LogP contribution in [0.3, 0.4) is 0 Å². The normalized spacial score (nSPS) is 29.4. The Morgan fingerprint density at radius 3 is 2.86 bits per heavy atom. The molecule has 4 nitrogen and oxygen atoms in total. The fraction of sp³-hybridized carbons (Fsp3) is 0.700. The van der Waals surface area contributed by atoms with E-state index in [1.807, 2.05) is 19.6 Å². The van der Waals surface area contributed by atoms with Crippen molar-refractivity contribution in [3.63, 3.8) is 0 Å². The molecule has 1 aliphatic rings. The first-order valence-corrected chi connectivity index (χ1v) is 5.12. The summed E-state index contributed by atoms with van der Waals surface area (Å²) in [5.74, 6) is 0. The van der Waals surface area contributed by atoms with Gasteiger partial charge in [-0.3, -0.25) is 4.90 Å². The van der Waals surface area contributed by atoms with Gasteiger partial charge in [-0.05, 0) is 26.4 Å². The summed E-state index contributed by atoms with van der Waals surface area (Å²) in [6.07, 6.45) is 6.07. The Bertz CT molecular complexity index is 297. The highest BCUT2D eigenvalue weighted by Gasteiger charge is 2.29. The van der Waals surface area contributed by atoms with Gasteiger partial charge in [0, 0.05) is 19.3 Å². The summed E-state index contributed by atoms with van der Waals surface area (Å²) in [6.45, 7) is 1.13. The number of nitrogens with zero attached hydrogens (tertiary/aromatic N) is 3. The number of hydrogen-bond donors (Lipinski definition) is 1. The van der Waals surface area contributed by atoms with E-state index in [4.69, 9.17) is 5.73 Å². The van der Waals surface area contributed by atoms with Crippen LogP contribution in [0, 0.1) is 0 Å². The van der Waals surface area contributed by atoms with Gasteiger partial charge in [0.25, 0.3) is 0 Å². The van der Waals surface area contributed by atoms with Crippen LogP contribution in [-0.2, 0) is 7.05 Å². The third kappa shape index (κ3) is 1.55. The Balaban J connectivity index is 2.26. The third-order valence-electron chi connectivity index (χ3n) is 3.09. The van der Waals surface area contributed by atoms with E-state index >= 15 is 0 Å². The molecule has 0 amide bonds. The van der Waals surface area contributed by atoms with Gasteiger partial charge < -0.3 is 10.3 Å². The molecule has 0 radical (unpaired) electrons. The molecule has 1 fully saturated rings. The molecule has 0 spiro atoms. The lowest BCUT2D eigenvalue weighted by atomic mass is 9.95. The molecule has 2 N–H and O–H groups in total. The summed E-state index contributed by atoms with van der Waals surface area (Å²) in [5.41, 5.74) is 7.37. The van der Waals surface area contributed by atoms with Crippen molar-refractivity contribution in [3.05, 3.63) is 18.2 Å². The quantitative estimate of drug-likeness (QED) is 0.708. The van der Waals surface area contributed by atoms with Crippen LogP contribution in [0.4, 0.5) is 0 Å². The average molecular weight is 194 g/mol. The van der Waals surface area contributed by atoms with Crippen LogP contribution in [0.25, 0.3) is 0 Å². The SMILES string of the molecule is CN1CCCC(N)C1c1cncn1C. The number of aryl methyl sites for hydroxylation is 1. The second kappa shape index (κ2) is 3.71. The number of hydrogen-bond acceptors (Lipinski definition) is 3. The maximum absolute atomic E-state index is 6.15. The molecular formula is C10H18N4. The molecule has 2 rings (SSSR count). The van der Waals surface area contributed by atoms with Crippen LogP contribution in [0.2, 0.25) is 0 Å². The zero-order valence-corrected chi connectivity index (χ0v) is 8.85. The lowest BCUT2D eigenvalue weighted by Crippen LogP contribution is -2.44. The molecule has 1 aromatic heterocycles. The number of likely N-dealkylation sites (N-methyl/N-ethyl adjacent to an activating group) is 1. The minimum Gasteiger partial charge on any atom is -0.336 e. The van der Waals surface area contributed by atoms with Crippen LogP contribution < -0.4 is 5.73 Å². The first-order valence-electron chi connectivity index (χ1n) is 5.12. The molecule has 1 aromatic rings. The largest absolute Gasteiger partial charge is 0.336 e. The van der Waals surface area contributed by atoms with Gasteiger partial charge in [0.15, 0.2) is 0 Å². The van der Waals surface area contributed by atoms with Gasteiger partial charge in [0.1, 0.15) is 0 Å². The highest BCUT2D eigenvalue weighted by Crippen LogP contribution is 2.27. The number of rotatable bonds is 1. The summed E-state index contributed by atoms with van der Waals surface area (Å²) < 4.78 is 2.06. The maximum atomic E-state index is 6.15. The van der Waals surface area contributed by atoms with E-state index in [2.05, 4.69) is 21.5 Å². The molecule has 2 unspecified atom stereocenters. The number of piperidine rings is 1. The van der Waals surface area contributed by atoms with Crippen molar-refractivity contribution in [2.24, 2.45) is 12.8 Å². The van der Waals surface area contributed by atoms with Crippen molar-refractivity contribution < 1.29 is 0 Å². The standard InChI is InChI=1S/C10H18N4/c1-13-5-3-4-8(11)10(13)9-6-12-7-14(9)2/h6-8,10H,3-5,11H2,1-2H3. The van der Waals surface area contributed by atoms with Gasteiger partial charge in [-0.15, -0.1) is 0 Å². The highest BCUT2D eigenvalue weighted by molar-refractivity contribution is 5.09. The molecule has 2 atom stereocenters. The van der Waals surface area contributed by atoms with E-state index in [0.717, 1.165) is 13.0 Å². The fourth-order valence-electron chi connectivity index (χ4n) is 2.30. The lowest BCUT2D eigenvalue weighted by Gasteiger charge is -2.37. The van der Waals surface area contributed by atoms with Crippen LogP contribution in [0.15, 0.2) is 12.5 Å². The summed E-state index contributed by atoms with van der Waals surface area (Å²) in [4.78, 5) is 6.47. The molecule has 0 aliphatic carbocycles. The van der Waals surface area contributed by atoms with Gasteiger partial charge in [0.2, 0.25) is 0 Å². The van der Waals surface area contributed by atoms with Crippen LogP contribution in [-0.4, -0.2) is 34.1 Å². The van der Waals surface area contributed by atoms with Crippen LogP contribution >= 0.6 is 0 Å². The second-order valence-electron chi connectivity index (χ2n) is 4.16. The first kappa shape index (κ1) is 9.68. The van der Waals surface area contributed by atoms with Gasteiger partial charge in [-0.25, -0.2) is 4.98 Å². The second-order valence-corrected chi connectivity index (χ2v) is 4.16. The third-order valence-corrected chi connectivity index (χ3v) is 3.09. The highest BCUT2D eigenvalue weighted by atomic mass is 15.2. The molecule has 4 heteroatoms. The van der Waals surface area contributed by atoms with Gasteiger partial charge in [-0.2, -0.15) is 0 Å². The van der Waals surface area contributed by atoms with Crippen LogP contribution in [0.1, 0.15) is 24.6 Å². The van der Waals surface area contributed by atoms with Crippen LogP contribution in [0.5, 0.6) is 0 Å². The van der Waals surface area contributed by atoms with Crippen molar-refractivity contribution >= 4 is 0 Å². The molecule has 0 bridgehead atoms. The Kier molecular flexibility index (Phi) is 2.56. The van der Waals surface area contributed by atoms with Crippen molar-refractivity contribution in [2.45, 2.75) is 24.9 Å². The average Bonchev–Trinajstić information content (AvgIpc) is 2.52. The van der Waals surface area contributed by atoms with E-state index in [-0.39, 0.29) is 6.04 Å². The summed E-state index contributed by atoms with van der Waals surface area (Å²) >= 11 is 0. The zero-order chi connectivity index (χ0) is 10.1. The molecule has 1 aliphatic heterocycles. The Hall–Kier alpha value is -0.870. The number of likely N-dealkylation sites (tertiary alicyclic amines) is 1. The molecule has 0 saturated carbocycles. The lowest BCUT2D eigenvalue weighted by molar-refractivity contribution is 0.156. The molecule has 2 heterocycles. The van der Waals surface area contributed by atoms with E-state index in [1.54, 1.807) is 0 Å². The number of imidazole rings is 1. The summed E-state index contributed by atoms with van der Waals surface area (Å²) in [7, 11) is 4.16. The maximum Gasteiger partial charge on any atom is 0.0946 e. The molecule has 1 saturated heterocycles. The zero-order valence-electron chi connectivity index (χ0n) is 8.85. The van der Waals surface area contributed by atoms with Gasteiger partial charge in [-0.1, -0.05) is 0 Å². The van der Waals surface area contributed by atoms with Crippen molar-refractivity contribution in [1.29, 1.82) is 0 Å². The predicted octanol–water partition coefficient (Wildman–Crippen LogP) is 0.514. The van der Waals surface area contributed by atoms with Crippen molar-refractivity contribution in [3.8, 4) is 0 Å². The van der Waals surface area contributed by atoms with Crippen molar-refractivity contribution in [2.75, 3.05) is 13.6 Å². The van der Waals surface area contributed by atoms with E-state index in [1.165, 1.54) is 12.1 Å². The van der Waals surface area contributed by atoms with Gasteiger partial charge in [0.05, 0.1) is 18.1 Å². The van der Waals surface area contributed by atoms with Gasteiger partial charge >= 0.3 is 0 Å².